The van der Waals surface area contributed by atoms with Gasteiger partial charge in [-0.3, -0.25) is 0 Å². The molecule has 19 heavy (non-hydrogen) atoms. The van der Waals surface area contributed by atoms with Crippen LogP contribution in [0.5, 0.6) is 5.75 Å². The third-order valence-electron chi connectivity index (χ3n) is 3.13. The summed E-state index contributed by atoms with van der Waals surface area (Å²) < 4.78 is 18.3. The first kappa shape index (κ1) is 14.1. The van der Waals surface area contributed by atoms with Gasteiger partial charge in [0.05, 0.1) is 5.02 Å². The van der Waals surface area contributed by atoms with Crippen molar-refractivity contribution in [1.29, 1.82) is 0 Å². The molecule has 1 saturated heterocycles. The van der Waals surface area contributed by atoms with Crippen LogP contribution in [0, 0.1) is 11.7 Å². The lowest BCUT2D eigenvalue weighted by Crippen LogP contribution is -2.42. The van der Waals surface area contributed by atoms with Crippen molar-refractivity contribution >= 4 is 17.7 Å². The molecule has 0 saturated carbocycles. The van der Waals surface area contributed by atoms with Crippen molar-refractivity contribution in [3.63, 3.8) is 0 Å². The van der Waals surface area contributed by atoms with E-state index >= 15 is 0 Å². The van der Waals surface area contributed by atoms with Gasteiger partial charge in [-0.15, -0.1) is 0 Å². The standard InChI is InChI=1S/C13H15ClFNO3/c14-11-4-3-10(6-12(11)15)19-13(18)16-5-1-2-9(7-16)8-17/h3-4,6,9,17H,1-2,5,7-8H2. The van der Waals surface area contributed by atoms with Crippen molar-refractivity contribution in [3.8, 4) is 5.75 Å². The summed E-state index contributed by atoms with van der Waals surface area (Å²) in [6, 6.07) is 3.86. The van der Waals surface area contributed by atoms with E-state index in [1.165, 1.54) is 17.0 Å². The van der Waals surface area contributed by atoms with E-state index in [-0.39, 0.29) is 23.3 Å². The lowest BCUT2D eigenvalue weighted by Gasteiger charge is -2.30. The van der Waals surface area contributed by atoms with Crippen molar-refractivity contribution in [2.45, 2.75) is 12.8 Å². The number of carbonyl (C=O) groups excluding carboxylic acids is 1. The Morgan fingerprint density at radius 2 is 2.37 bits per heavy atom. The van der Waals surface area contributed by atoms with E-state index in [9.17, 15) is 9.18 Å². The van der Waals surface area contributed by atoms with Crippen LogP contribution >= 0.6 is 11.6 Å². The summed E-state index contributed by atoms with van der Waals surface area (Å²) in [6.07, 6.45) is 1.20. The van der Waals surface area contributed by atoms with Crippen LogP contribution in [0.25, 0.3) is 0 Å². The number of likely N-dealkylation sites (tertiary alicyclic amines) is 1. The Balaban J connectivity index is 1.98. The minimum Gasteiger partial charge on any atom is -0.410 e. The molecule has 0 spiro atoms. The average molecular weight is 288 g/mol. The van der Waals surface area contributed by atoms with Crippen LogP contribution in [0.15, 0.2) is 18.2 Å². The topological polar surface area (TPSA) is 49.8 Å². The van der Waals surface area contributed by atoms with Gasteiger partial charge in [-0.05, 0) is 30.9 Å². The van der Waals surface area contributed by atoms with Crippen molar-refractivity contribution in [3.05, 3.63) is 29.0 Å². The number of nitrogens with zero attached hydrogens (tertiary/aromatic N) is 1. The van der Waals surface area contributed by atoms with Gasteiger partial charge in [0.15, 0.2) is 0 Å². The number of piperidine rings is 1. The fourth-order valence-corrected chi connectivity index (χ4v) is 2.20. The summed E-state index contributed by atoms with van der Waals surface area (Å²) in [5.74, 6) is -0.417. The normalized spacial score (nSPS) is 19.3. The average Bonchev–Trinajstić information content (AvgIpc) is 2.43. The first-order valence-corrected chi connectivity index (χ1v) is 6.50. The van der Waals surface area contributed by atoms with Gasteiger partial charge in [0.25, 0.3) is 0 Å². The lowest BCUT2D eigenvalue weighted by molar-refractivity contribution is 0.105. The monoisotopic (exact) mass is 287 g/mol. The second-order valence-electron chi connectivity index (χ2n) is 4.58. The third kappa shape index (κ3) is 3.58. The van der Waals surface area contributed by atoms with E-state index in [1.54, 1.807) is 0 Å². The van der Waals surface area contributed by atoms with E-state index in [0.29, 0.717) is 13.1 Å². The molecule has 1 atom stereocenters. The first-order valence-electron chi connectivity index (χ1n) is 6.13. The third-order valence-corrected chi connectivity index (χ3v) is 3.44. The summed E-state index contributed by atoms with van der Waals surface area (Å²) in [5.41, 5.74) is 0. The molecule has 1 unspecified atom stereocenters. The highest BCUT2D eigenvalue weighted by Gasteiger charge is 2.24. The van der Waals surface area contributed by atoms with Gasteiger partial charge in [0.1, 0.15) is 11.6 Å². The molecular weight excluding hydrogens is 273 g/mol. The zero-order valence-corrected chi connectivity index (χ0v) is 11.1. The molecule has 104 valence electrons. The Morgan fingerprint density at radius 1 is 1.58 bits per heavy atom. The molecule has 1 fully saturated rings. The smallest absolute Gasteiger partial charge is 0.410 e. The Morgan fingerprint density at radius 3 is 3.05 bits per heavy atom. The fourth-order valence-electron chi connectivity index (χ4n) is 2.09. The van der Waals surface area contributed by atoms with E-state index in [2.05, 4.69) is 0 Å². The number of halogens is 2. The van der Waals surface area contributed by atoms with Crippen LogP contribution in [-0.4, -0.2) is 35.8 Å². The number of rotatable bonds is 2. The van der Waals surface area contributed by atoms with Crippen LogP contribution in [0.1, 0.15) is 12.8 Å². The molecule has 0 radical (unpaired) electrons. The van der Waals surface area contributed by atoms with Gasteiger partial charge in [-0.25, -0.2) is 9.18 Å². The summed E-state index contributed by atoms with van der Waals surface area (Å²) in [7, 11) is 0. The summed E-state index contributed by atoms with van der Waals surface area (Å²) >= 11 is 5.55. The van der Waals surface area contributed by atoms with E-state index in [1.807, 2.05) is 0 Å². The van der Waals surface area contributed by atoms with Gasteiger partial charge in [0, 0.05) is 25.8 Å². The van der Waals surface area contributed by atoms with Crippen molar-refractivity contribution < 1.29 is 19.0 Å². The number of hydrogen-bond donors (Lipinski definition) is 1. The molecule has 0 bridgehead atoms. The highest BCUT2D eigenvalue weighted by Crippen LogP contribution is 2.22. The number of carbonyl (C=O) groups is 1. The van der Waals surface area contributed by atoms with Gasteiger partial charge < -0.3 is 14.7 Å². The molecule has 0 aromatic heterocycles. The summed E-state index contributed by atoms with van der Waals surface area (Å²) in [4.78, 5) is 13.4. The number of aliphatic hydroxyl groups is 1. The number of hydrogen-bond acceptors (Lipinski definition) is 3. The summed E-state index contributed by atoms with van der Waals surface area (Å²) in [5, 5.41) is 9.09. The lowest BCUT2D eigenvalue weighted by atomic mass is 10.00. The van der Waals surface area contributed by atoms with Crippen molar-refractivity contribution in [1.82, 2.24) is 4.90 Å². The van der Waals surface area contributed by atoms with Gasteiger partial charge in [-0.1, -0.05) is 11.6 Å². The Labute approximate surface area is 115 Å². The predicted molar refractivity (Wildman–Crippen MR) is 68.8 cm³/mol. The van der Waals surface area contributed by atoms with Crippen LogP contribution in [0.3, 0.4) is 0 Å². The Hall–Kier alpha value is -1.33. The Bertz CT molecular complexity index is 469. The SMILES string of the molecule is O=C(Oc1ccc(Cl)c(F)c1)N1CCCC(CO)C1. The van der Waals surface area contributed by atoms with Crippen LogP contribution < -0.4 is 4.74 Å². The maximum atomic E-state index is 13.2. The number of ether oxygens (including phenoxy) is 1. The number of amides is 1. The molecule has 0 aliphatic carbocycles. The van der Waals surface area contributed by atoms with Gasteiger partial charge in [0.2, 0.25) is 0 Å². The molecule has 2 rings (SSSR count). The van der Waals surface area contributed by atoms with E-state index < -0.39 is 11.9 Å². The molecule has 1 aromatic rings. The van der Waals surface area contributed by atoms with Crippen LogP contribution in [-0.2, 0) is 0 Å². The zero-order valence-electron chi connectivity index (χ0n) is 10.3. The highest BCUT2D eigenvalue weighted by atomic mass is 35.5. The molecule has 4 nitrogen and oxygen atoms in total. The largest absolute Gasteiger partial charge is 0.415 e. The maximum Gasteiger partial charge on any atom is 0.415 e. The van der Waals surface area contributed by atoms with Gasteiger partial charge in [-0.2, -0.15) is 0 Å². The second-order valence-corrected chi connectivity index (χ2v) is 4.99. The molecule has 1 aliphatic heterocycles. The first-order chi connectivity index (χ1) is 9.10. The van der Waals surface area contributed by atoms with Crippen molar-refractivity contribution in [2.24, 2.45) is 5.92 Å². The predicted octanol–water partition coefficient (Wildman–Crippen LogP) is 2.68. The molecule has 1 amide bonds. The molecule has 1 N–H and O–H groups in total. The molecule has 1 heterocycles. The molecule has 6 heteroatoms. The maximum absolute atomic E-state index is 13.2. The zero-order chi connectivity index (χ0) is 13.8. The molecule has 1 aromatic carbocycles. The fraction of sp³-hybridized carbons (Fsp3) is 0.462. The van der Waals surface area contributed by atoms with Crippen molar-refractivity contribution in [2.75, 3.05) is 19.7 Å². The van der Waals surface area contributed by atoms with E-state index in [4.69, 9.17) is 21.4 Å². The van der Waals surface area contributed by atoms with E-state index in [0.717, 1.165) is 18.9 Å². The minimum absolute atomic E-state index is 0.0156. The van der Waals surface area contributed by atoms with Crippen LogP contribution in [0.4, 0.5) is 9.18 Å². The summed E-state index contributed by atoms with van der Waals surface area (Å²) in [6.45, 7) is 1.11. The number of benzene rings is 1. The van der Waals surface area contributed by atoms with Crippen LogP contribution in [0.2, 0.25) is 5.02 Å². The Kier molecular flexibility index (Phi) is 4.61. The molecular formula is C13H15ClFNO3. The van der Waals surface area contributed by atoms with Gasteiger partial charge >= 0.3 is 6.09 Å². The second kappa shape index (κ2) is 6.21. The minimum atomic E-state index is -0.626. The number of aliphatic hydroxyl groups excluding tert-OH is 1. The molecule has 1 aliphatic rings. The highest BCUT2D eigenvalue weighted by molar-refractivity contribution is 6.30. The quantitative estimate of drug-likeness (QED) is 0.910.